The summed E-state index contributed by atoms with van der Waals surface area (Å²) in [4.78, 5) is 26.9. The van der Waals surface area contributed by atoms with Gasteiger partial charge in [-0.05, 0) is 186 Å². The SMILES string of the molecule is CO.CO.Cc1cc(-c2[c-]ccc3c2oc2ccccc23)ncc1CC(C)C.Cc1cc(-c2cccc3c2oc2ccccc23)ncc1CC(C)C.Cc1cnc(-c2[c-]cccc2)cc1C.Cc1cnc(-c2[c-]cccc2)cc1C.Cc1cnc(-c2[c-]cccc2)cc1C.Cc1cnc(-c2[c-]cccc2)cc1C.[Ir+3].[Ir+3]. The van der Waals surface area contributed by atoms with E-state index in [4.69, 9.17) is 29.0 Å². The number of para-hydroxylation sites is 3. The van der Waals surface area contributed by atoms with E-state index < -0.39 is 0 Å². The number of aliphatic hydroxyl groups excluding tert-OH is 2. The molecule has 16 aromatic rings. The van der Waals surface area contributed by atoms with Crippen molar-refractivity contribution < 1.29 is 59.3 Å². The number of benzene rings is 8. The van der Waals surface area contributed by atoms with Gasteiger partial charge in [-0.15, -0.1) is 162 Å². The third-order valence-electron chi connectivity index (χ3n) is 18.4. The molecule has 560 valence electrons. The van der Waals surface area contributed by atoms with Gasteiger partial charge in [0.1, 0.15) is 16.7 Å². The summed E-state index contributed by atoms with van der Waals surface area (Å²) < 4.78 is 12.2. The van der Waals surface area contributed by atoms with Crippen LogP contribution in [0.5, 0.6) is 0 Å². The quantitative estimate of drug-likeness (QED) is 0.127. The van der Waals surface area contributed by atoms with Gasteiger partial charge >= 0.3 is 40.2 Å². The molecule has 8 aromatic heterocycles. The van der Waals surface area contributed by atoms with Crippen LogP contribution in [0.4, 0.5) is 0 Å². The number of hydrogen-bond donors (Lipinski definition) is 2. The van der Waals surface area contributed by atoms with Gasteiger partial charge < -0.3 is 44.0 Å². The van der Waals surface area contributed by atoms with E-state index >= 15 is 0 Å². The predicted octanol–water partition coefficient (Wildman–Crippen LogP) is 24.0. The molecule has 0 saturated carbocycles. The molecule has 12 heteroatoms. The number of aliphatic hydroxyl groups is 2. The minimum atomic E-state index is 0. The molecule has 0 saturated heterocycles. The molecule has 0 atom stereocenters. The molecule has 0 aliphatic rings. The topological polar surface area (TPSA) is 144 Å². The molecular weight excluding hydrogens is 1710 g/mol. The van der Waals surface area contributed by atoms with Crippen molar-refractivity contribution >= 4 is 43.9 Å². The zero-order valence-electron chi connectivity index (χ0n) is 65.8. The Hall–Kier alpha value is -10.5. The third kappa shape index (κ3) is 23.3. The largest absolute Gasteiger partial charge is 3.00 e. The fourth-order valence-corrected chi connectivity index (χ4v) is 11.9. The number of pyridine rings is 6. The second-order valence-corrected chi connectivity index (χ2v) is 27.4. The molecule has 2 N–H and O–H groups in total. The van der Waals surface area contributed by atoms with E-state index in [1.165, 1.54) is 66.8 Å². The molecule has 0 radical (unpaired) electrons. The van der Waals surface area contributed by atoms with Gasteiger partial charge in [0.25, 0.3) is 0 Å². The van der Waals surface area contributed by atoms with E-state index in [-0.39, 0.29) is 40.2 Å². The third-order valence-corrected chi connectivity index (χ3v) is 18.4. The molecule has 0 bridgehead atoms. The van der Waals surface area contributed by atoms with E-state index in [2.05, 4.69) is 220 Å². The molecule has 10 nitrogen and oxygen atoms in total. The van der Waals surface area contributed by atoms with Crippen molar-refractivity contribution in [3.05, 3.63) is 347 Å². The van der Waals surface area contributed by atoms with Crippen LogP contribution in [0.2, 0.25) is 0 Å². The maximum atomic E-state index is 7.00. The monoisotopic (exact) mass is 1810 g/mol. The Kier molecular flexibility index (Phi) is 33.9. The number of nitrogens with zero attached hydrogens (tertiary/aromatic N) is 6. The first-order valence-electron chi connectivity index (χ1n) is 36.5. The molecule has 0 spiro atoms. The Bertz CT molecular complexity index is 5010. The van der Waals surface area contributed by atoms with E-state index in [9.17, 15) is 0 Å². The number of aryl methyl sites for hydroxylation is 10. The van der Waals surface area contributed by atoms with Crippen LogP contribution in [-0.4, -0.2) is 54.3 Å². The van der Waals surface area contributed by atoms with Gasteiger partial charge in [-0.1, -0.05) is 145 Å². The maximum absolute atomic E-state index is 7.00. The number of furan rings is 2. The molecular formula is C98H97Ir2N6O4+. The number of rotatable bonds is 10. The summed E-state index contributed by atoms with van der Waals surface area (Å²) in [6, 6.07) is 86.9. The molecule has 8 aromatic carbocycles. The number of fused-ring (bicyclic) bond motifs is 6. The van der Waals surface area contributed by atoms with E-state index in [0.717, 1.165) is 138 Å². The Morgan fingerprint density at radius 2 is 0.600 bits per heavy atom. The van der Waals surface area contributed by atoms with Crippen molar-refractivity contribution in [1.82, 2.24) is 29.9 Å². The van der Waals surface area contributed by atoms with Gasteiger partial charge in [0, 0.05) is 73.1 Å². The van der Waals surface area contributed by atoms with Crippen molar-refractivity contribution in [2.45, 2.75) is 110 Å². The summed E-state index contributed by atoms with van der Waals surface area (Å²) >= 11 is 0. The van der Waals surface area contributed by atoms with Crippen molar-refractivity contribution in [2.24, 2.45) is 11.8 Å². The Labute approximate surface area is 678 Å². The van der Waals surface area contributed by atoms with Crippen LogP contribution in [0.1, 0.15) is 94.5 Å². The average Bonchev–Trinajstić information content (AvgIpc) is 1.62. The second kappa shape index (κ2) is 43.0. The van der Waals surface area contributed by atoms with Crippen molar-refractivity contribution in [3.8, 4) is 67.5 Å². The fourth-order valence-electron chi connectivity index (χ4n) is 11.9. The summed E-state index contributed by atoms with van der Waals surface area (Å²) in [7, 11) is 2.00. The van der Waals surface area contributed by atoms with Gasteiger partial charge in [0.15, 0.2) is 0 Å². The Morgan fingerprint density at radius 3 is 0.945 bits per heavy atom. The van der Waals surface area contributed by atoms with Crippen molar-refractivity contribution in [3.63, 3.8) is 0 Å². The van der Waals surface area contributed by atoms with Gasteiger partial charge in [0.05, 0.1) is 11.3 Å². The molecule has 0 aliphatic heterocycles. The Balaban J connectivity index is 0.000000184. The molecule has 0 aliphatic carbocycles. The van der Waals surface area contributed by atoms with E-state index in [1.807, 2.05) is 177 Å². The van der Waals surface area contributed by atoms with Gasteiger partial charge in [-0.3, -0.25) is 4.98 Å². The zero-order chi connectivity index (χ0) is 77.2. The minimum Gasteiger partial charge on any atom is -0.501 e. The van der Waals surface area contributed by atoms with Crippen LogP contribution < -0.4 is 0 Å². The van der Waals surface area contributed by atoms with Gasteiger partial charge in [-0.2, -0.15) is 0 Å². The zero-order valence-corrected chi connectivity index (χ0v) is 70.6. The minimum absolute atomic E-state index is 0. The van der Waals surface area contributed by atoms with E-state index in [1.54, 1.807) is 0 Å². The summed E-state index contributed by atoms with van der Waals surface area (Å²) in [5, 5.41) is 18.6. The fraction of sp³-hybridized carbons (Fsp3) is 0.204. The summed E-state index contributed by atoms with van der Waals surface area (Å²) in [5.41, 5.74) is 30.9. The summed E-state index contributed by atoms with van der Waals surface area (Å²) in [5.74, 6) is 1.26. The first-order chi connectivity index (χ1) is 52.3. The van der Waals surface area contributed by atoms with Crippen molar-refractivity contribution in [1.29, 1.82) is 0 Å². The van der Waals surface area contributed by atoms with Crippen LogP contribution in [0.15, 0.2) is 258 Å². The summed E-state index contributed by atoms with van der Waals surface area (Å²) in [6.45, 7) is 29.9. The molecule has 0 fully saturated rings. The molecule has 16 rings (SSSR count). The van der Waals surface area contributed by atoms with Gasteiger partial charge in [-0.25, -0.2) is 0 Å². The van der Waals surface area contributed by atoms with Crippen LogP contribution in [0, 0.1) is 111 Å². The van der Waals surface area contributed by atoms with Crippen LogP contribution in [-0.2, 0) is 53.1 Å². The number of aromatic nitrogens is 6. The standard InChI is InChI=1S/C22H21NO.C22H20NO.4C13H12N.2CH4O.2Ir/c2*1-14(2)11-16-13-23-20(12-15(16)3)19-9-6-8-18-17-7-4-5-10-21(17)24-22(18)19;4*1-10-8-13(14-9-11(10)2)12-6-4-3-5-7-12;2*1-2;;/h4-10,12-14H,11H2,1-3H3;4-8,10,12-14H,11H2,1-3H3;4*3-6,8-9H,1-2H3;2*2H,1H3;;/q;5*-1;;;2*+3. The van der Waals surface area contributed by atoms with Crippen molar-refractivity contribution in [2.75, 3.05) is 14.2 Å². The first kappa shape index (κ1) is 86.7. The molecule has 0 amide bonds. The molecule has 0 unspecified atom stereocenters. The average molecular weight is 1810 g/mol. The van der Waals surface area contributed by atoms with Crippen LogP contribution >= 0.6 is 0 Å². The predicted molar refractivity (Wildman–Crippen MR) is 448 cm³/mol. The summed E-state index contributed by atoms with van der Waals surface area (Å²) in [6.07, 6.45) is 13.8. The van der Waals surface area contributed by atoms with Crippen LogP contribution in [0.25, 0.3) is 111 Å². The first-order valence-corrected chi connectivity index (χ1v) is 36.5. The normalized spacial score (nSPS) is 10.4. The Morgan fingerprint density at radius 1 is 0.291 bits per heavy atom. The van der Waals surface area contributed by atoms with E-state index in [0.29, 0.717) is 11.8 Å². The molecule has 8 heterocycles. The second-order valence-electron chi connectivity index (χ2n) is 27.4. The smallest absolute Gasteiger partial charge is 0.501 e. The molecule has 110 heavy (non-hydrogen) atoms. The maximum Gasteiger partial charge on any atom is 3.00 e. The number of hydrogen-bond acceptors (Lipinski definition) is 10. The van der Waals surface area contributed by atoms with Gasteiger partial charge in [0.2, 0.25) is 0 Å². The van der Waals surface area contributed by atoms with Crippen LogP contribution in [0.3, 0.4) is 0 Å².